The molecular weight excluding hydrogens is 418 g/mol. The third kappa shape index (κ3) is 3.52. The van der Waals surface area contributed by atoms with Crippen LogP contribution in [0.1, 0.15) is 25.3 Å². The number of rotatable bonds is 6. The number of nitrogens with zero attached hydrogens (tertiary/aromatic N) is 2. The van der Waals surface area contributed by atoms with Crippen molar-refractivity contribution in [2.45, 2.75) is 19.8 Å². The molecule has 0 saturated heterocycles. The second-order valence-electron chi connectivity index (χ2n) is 8.62. The van der Waals surface area contributed by atoms with E-state index in [2.05, 4.69) is 106 Å². The number of aromatic nitrogens is 4. The maximum absolute atomic E-state index is 4.67. The van der Waals surface area contributed by atoms with Crippen LogP contribution in [0.25, 0.3) is 49.9 Å². The lowest BCUT2D eigenvalue weighted by Crippen LogP contribution is -1.97. The summed E-state index contributed by atoms with van der Waals surface area (Å²) in [6, 6.07) is 17.1. The molecule has 0 amide bonds. The molecule has 166 valence electrons. The van der Waals surface area contributed by atoms with Gasteiger partial charge in [-0.1, -0.05) is 49.9 Å². The van der Waals surface area contributed by atoms with Crippen LogP contribution in [0, 0.1) is 0 Å². The van der Waals surface area contributed by atoms with Crippen molar-refractivity contribution < 1.29 is 0 Å². The number of allylic oxidation sites excluding steroid dienone is 5. The highest BCUT2D eigenvalue weighted by Gasteiger charge is 2.15. The molecule has 3 N–H and O–H groups in total. The highest BCUT2D eigenvalue weighted by Crippen LogP contribution is 2.35. The number of pyridine rings is 1. The van der Waals surface area contributed by atoms with Gasteiger partial charge in [0.1, 0.15) is 5.69 Å². The zero-order valence-corrected chi connectivity index (χ0v) is 19.0. The molecule has 0 radical (unpaired) electrons. The summed E-state index contributed by atoms with van der Waals surface area (Å²) in [5, 5.41) is 13.5. The van der Waals surface area contributed by atoms with Gasteiger partial charge in [0.05, 0.1) is 23.1 Å². The smallest absolute Gasteiger partial charge is 0.116 e. The monoisotopic (exact) mass is 443 g/mol. The second kappa shape index (κ2) is 8.19. The zero-order valence-electron chi connectivity index (χ0n) is 19.0. The van der Waals surface area contributed by atoms with E-state index >= 15 is 0 Å². The Hall–Kier alpha value is -4.38. The van der Waals surface area contributed by atoms with Crippen LogP contribution in [-0.2, 0) is 0 Å². The summed E-state index contributed by atoms with van der Waals surface area (Å²) in [4.78, 5) is 8.01. The molecule has 0 spiro atoms. The van der Waals surface area contributed by atoms with Gasteiger partial charge in [-0.15, -0.1) is 0 Å². The van der Waals surface area contributed by atoms with Crippen molar-refractivity contribution in [3.8, 4) is 22.5 Å². The van der Waals surface area contributed by atoms with E-state index in [0.29, 0.717) is 0 Å². The lowest BCUT2D eigenvalue weighted by Gasteiger charge is -2.09. The van der Waals surface area contributed by atoms with E-state index in [4.69, 9.17) is 0 Å². The van der Waals surface area contributed by atoms with E-state index < -0.39 is 0 Å². The first-order valence-corrected chi connectivity index (χ1v) is 11.6. The van der Waals surface area contributed by atoms with Gasteiger partial charge in [-0.3, -0.25) is 10.1 Å². The van der Waals surface area contributed by atoms with Crippen LogP contribution >= 0.6 is 0 Å². The van der Waals surface area contributed by atoms with E-state index in [1.165, 1.54) is 16.5 Å². The molecule has 5 heteroatoms. The SMILES string of the molecule is C=C(CC)Nc1cncc(-c2ccc3[nH]nc(-c4cc5c(C6=CCC=C6)cccc5[nH]4)c3c2)c1. The van der Waals surface area contributed by atoms with Gasteiger partial charge in [-0.2, -0.15) is 5.10 Å². The molecule has 0 fully saturated rings. The van der Waals surface area contributed by atoms with Gasteiger partial charge < -0.3 is 10.3 Å². The Labute approximate surface area is 197 Å². The molecule has 2 aromatic carbocycles. The summed E-state index contributed by atoms with van der Waals surface area (Å²) in [6.07, 6.45) is 12.2. The molecule has 0 aliphatic heterocycles. The van der Waals surface area contributed by atoms with Gasteiger partial charge in [-0.25, -0.2) is 0 Å². The first kappa shape index (κ1) is 20.2. The summed E-state index contributed by atoms with van der Waals surface area (Å²) >= 11 is 0. The van der Waals surface area contributed by atoms with Gasteiger partial charge in [0.25, 0.3) is 0 Å². The molecule has 3 aromatic heterocycles. The molecule has 6 rings (SSSR count). The highest BCUT2D eigenvalue weighted by atomic mass is 15.1. The minimum atomic E-state index is 0.869. The van der Waals surface area contributed by atoms with Crippen LogP contribution in [-0.4, -0.2) is 20.2 Å². The van der Waals surface area contributed by atoms with Crippen molar-refractivity contribution in [2.24, 2.45) is 0 Å². The third-order valence-corrected chi connectivity index (χ3v) is 6.38. The maximum atomic E-state index is 4.67. The van der Waals surface area contributed by atoms with Gasteiger partial charge in [0, 0.05) is 33.7 Å². The Bertz CT molecular complexity index is 1610. The van der Waals surface area contributed by atoms with Crippen LogP contribution in [0.15, 0.2) is 91.4 Å². The quantitative estimate of drug-likeness (QED) is 0.255. The lowest BCUT2D eigenvalue weighted by atomic mass is 10.0. The van der Waals surface area contributed by atoms with Crippen molar-refractivity contribution >= 4 is 33.1 Å². The summed E-state index contributed by atoms with van der Waals surface area (Å²) in [5.41, 5.74) is 10.6. The molecule has 0 unspecified atom stereocenters. The van der Waals surface area contributed by atoms with Gasteiger partial charge in [0.15, 0.2) is 0 Å². The Morgan fingerprint density at radius 3 is 2.82 bits per heavy atom. The van der Waals surface area contributed by atoms with E-state index in [9.17, 15) is 0 Å². The van der Waals surface area contributed by atoms with Crippen molar-refractivity contribution in [2.75, 3.05) is 5.32 Å². The summed E-state index contributed by atoms with van der Waals surface area (Å²) < 4.78 is 0. The average molecular weight is 444 g/mol. The fraction of sp³-hybridized carbons (Fsp3) is 0.103. The van der Waals surface area contributed by atoms with Crippen LogP contribution < -0.4 is 5.32 Å². The first-order chi connectivity index (χ1) is 16.7. The van der Waals surface area contributed by atoms with Crippen LogP contribution in [0.3, 0.4) is 0 Å². The molecule has 1 aliphatic carbocycles. The maximum Gasteiger partial charge on any atom is 0.116 e. The number of benzene rings is 2. The van der Waals surface area contributed by atoms with E-state index in [1.54, 1.807) is 0 Å². The number of nitrogens with one attached hydrogen (secondary N) is 3. The van der Waals surface area contributed by atoms with Crippen LogP contribution in [0.4, 0.5) is 5.69 Å². The highest BCUT2D eigenvalue weighted by molar-refractivity contribution is 6.01. The van der Waals surface area contributed by atoms with E-state index in [-0.39, 0.29) is 0 Å². The van der Waals surface area contributed by atoms with Gasteiger partial charge >= 0.3 is 0 Å². The number of hydrogen-bond acceptors (Lipinski definition) is 3. The van der Waals surface area contributed by atoms with E-state index in [0.717, 1.165) is 63.2 Å². The first-order valence-electron chi connectivity index (χ1n) is 11.6. The van der Waals surface area contributed by atoms with Crippen LogP contribution in [0.5, 0.6) is 0 Å². The summed E-state index contributed by atoms with van der Waals surface area (Å²) in [5.74, 6) is 0. The predicted molar refractivity (Wildman–Crippen MR) is 141 cm³/mol. The topological polar surface area (TPSA) is 69.4 Å². The number of anilines is 1. The third-order valence-electron chi connectivity index (χ3n) is 6.38. The number of H-pyrrole nitrogens is 2. The summed E-state index contributed by atoms with van der Waals surface area (Å²) in [6.45, 7) is 6.12. The van der Waals surface area contributed by atoms with Gasteiger partial charge in [0.2, 0.25) is 0 Å². The average Bonchev–Trinajstić information content (AvgIpc) is 3.62. The predicted octanol–water partition coefficient (Wildman–Crippen LogP) is 7.45. The van der Waals surface area contributed by atoms with Crippen molar-refractivity contribution in [3.05, 3.63) is 97.0 Å². The second-order valence-corrected chi connectivity index (χ2v) is 8.62. The van der Waals surface area contributed by atoms with Gasteiger partial charge in [-0.05, 0) is 59.9 Å². The Balaban J connectivity index is 1.43. The van der Waals surface area contributed by atoms with E-state index in [1.807, 2.05) is 12.4 Å². The Morgan fingerprint density at radius 1 is 1.03 bits per heavy atom. The molecule has 0 saturated carbocycles. The standard InChI is InChI=1S/C29H25N5/c1-3-18(2)31-22-13-21(16-30-17-22)20-11-12-27-25(14-20)29(34-33-27)28-15-24-23(19-7-4-5-8-19)9-6-10-26(24)32-28/h4,6-17,31-32H,2-3,5H2,1H3,(H,33,34). The molecule has 34 heavy (non-hydrogen) atoms. The fourth-order valence-electron chi connectivity index (χ4n) is 4.55. The largest absolute Gasteiger partial charge is 0.358 e. The summed E-state index contributed by atoms with van der Waals surface area (Å²) in [7, 11) is 0. The molecule has 5 aromatic rings. The molecular formula is C29H25N5. The molecule has 1 aliphatic rings. The number of aromatic amines is 2. The van der Waals surface area contributed by atoms with Crippen molar-refractivity contribution in [3.63, 3.8) is 0 Å². The normalized spacial score (nSPS) is 13.0. The van der Waals surface area contributed by atoms with Crippen molar-refractivity contribution in [1.82, 2.24) is 20.2 Å². The molecule has 5 nitrogen and oxygen atoms in total. The Morgan fingerprint density at radius 2 is 1.97 bits per heavy atom. The Kier molecular flexibility index (Phi) is 4.88. The fourth-order valence-corrected chi connectivity index (χ4v) is 4.55. The number of fused-ring (bicyclic) bond motifs is 2. The minimum absolute atomic E-state index is 0.869. The molecule has 0 bridgehead atoms. The van der Waals surface area contributed by atoms with Crippen LogP contribution in [0.2, 0.25) is 0 Å². The lowest BCUT2D eigenvalue weighted by molar-refractivity contribution is 1.11. The molecule has 0 atom stereocenters. The minimum Gasteiger partial charge on any atom is -0.358 e. The van der Waals surface area contributed by atoms with Crippen molar-refractivity contribution in [1.29, 1.82) is 0 Å². The molecule has 3 heterocycles. The number of hydrogen-bond donors (Lipinski definition) is 3. The zero-order chi connectivity index (χ0) is 23.1.